The number of rotatable bonds is 4. The van der Waals surface area contributed by atoms with Crippen molar-refractivity contribution in [2.75, 3.05) is 26.3 Å². The summed E-state index contributed by atoms with van der Waals surface area (Å²) in [5, 5.41) is 20.0. The molecule has 1 aliphatic heterocycles. The zero-order valence-electron chi connectivity index (χ0n) is 14.5. The van der Waals surface area contributed by atoms with Crippen molar-refractivity contribution in [3.8, 4) is 11.5 Å². The molecule has 1 atom stereocenters. The molecule has 0 unspecified atom stereocenters. The molecule has 0 spiro atoms. The van der Waals surface area contributed by atoms with E-state index in [1.54, 1.807) is 24.0 Å². The maximum atomic E-state index is 12.7. The molecule has 1 aromatic carbocycles. The van der Waals surface area contributed by atoms with E-state index in [-0.39, 0.29) is 23.8 Å². The van der Waals surface area contributed by atoms with Crippen molar-refractivity contribution >= 4 is 5.91 Å². The van der Waals surface area contributed by atoms with Crippen molar-refractivity contribution < 1.29 is 24.2 Å². The van der Waals surface area contributed by atoms with Crippen LogP contribution in [0, 0.1) is 6.92 Å². The smallest absolute Gasteiger partial charge is 0.227 e. The third-order valence-corrected chi connectivity index (χ3v) is 4.40. The summed E-state index contributed by atoms with van der Waals surface area (Å²) in [5.41, 5.74) is 0.0170. The number of benzene rings is 1. The number of amides is 1. The molecule has 7 heteroatoms. The molecule has 1 amide bonds. The highest BCUT2D eigenvalue weighted by molar-refractivity contribution is 5.78. The molecular weight excluding hydrogens is 338 g/mol. The van der Waals surface area contributed by atoms with Gasteiger partial charge in [-0.2, -0.15) is 0 Å². The Balaban J connectivity index is 2.00. The topological polar surface area (TPSA) is 100 Å². The number of aryl methyl sites for hydroxylation is 1. The summed E-state index contributed by atoms with van der Waals surface area (Å²) in [6.45, 7) is 3.55. The third kappa shape index (κ3) is 3.88. The van der Waals surface area contributed by atoms with Gasteiger partial charge in [0.2, 0.25) is 17.1 Å². The van der Waals surface area contributed by atoms with Gasteiger partial charge in [0, 0.05) is 25.6 Å². The molecule has 138 valence electrons. The summed E-state index contributed by atoms with van der Waals surface area (Å²) in [7, 11) is 0. The normalized spacial score (nSPS) is 15.7. The zero-order chi connectivity index (χ0) is 18.7. The van der Waals surface area contributed by atoms with Crippen molar-refractivity contribution in [2.45, 2.75) is 19.3 Å². The molecular formula is C19H21NO6. The molecule has 2 heterocycles. The van der Waals surface area contributed by atoms with Gasteiger partial charge in [-0.1, -0.05) is 12.1 Å². The number of carbonyl (C=O) groups excluding carboxylic acids is 1. The Kier molecular flexibility index (Phi) is 5.27. The van der Waals surface area contributed by atoms with Crippen LogP contribution in [0.1, 0.15) is 29.4 Å². The molecule has 0 aliphatic carbocycles. The number of morpholine rings is 1. The summed E-state index contributed by atoms with van der Waals surface area (Å²) < 4.78 is 10.9. The quantitative estimate of drug-likeness (QED) is 0.862. The lowest BCUT2D eigenvalue weighted by molar-refractivity contribution is -0.135. The molecule has 1 fully saturated rings. The number of phenolic OH excluding ortho intramolecular Hbond substituents is 1. The van der Waals surface area contributed by atoms with Crippen molar-refractivity contribution in [3.05, 3.63) is 57.6 Å². The fraction of sp³-hybridized carbons (Fsp3) is 0.368. The fourth-order valence-corrected chi connectivity index (χ4v) is 3.08. The fourth-order valence-electron chi connectivity index (χ4n) is 3.08. The maximum absolute atomic E-state index is 12.7. The predicted molar refractivity (Wildman–Crippen MR) is 93.3 cm³/mol. The molecule has 7 nitrogen and oxygen atoms in total. The Morgan fingerprint density at radius 3 is 2.65 bits per heavy atom. The number of phenols is 1. The van der Waals surface area contributed by atoms with Crippen molar-refractivity contribution in [2.24, 2.45) is 0 Å². The lowest BCUT2D eigenvalue weighted by Crippen LogP contribution is -2.41. The minimum atomic E-state index is -0.690. The van der Waals surface area contributed by atoms with E-state index in [0.29, 0.717) is 37.6 Å². The molecule has 1 aliphatic rings. The number of carbonyl (C=O) groups is 1. The Hall–Kier alpha value is -2.80. The number of hydrogen-bond donors (Lipinski definition) is 2. The highest BCUT2D eigenvalue weighted by Gasteiger charge is 2.28. The first-order valence-corrected chi connectivity index (χ1v) is 8.43. The molecule has 3 rings (SSSR count). The first-order valence-electron chi connectivity index (χ1n) is 8.43. The summed E-state index contributed by atoms with van der Waals surface area (Å²) in [4.78, 5) is 26.4. The summed E-state index contributed by atoms with van der Waals surface area (Å²) >= 11 is 0. The second kappa shape index (κ2) is 7.61. The SMILES string of the molecule is Cc1cc(=O)c(O)c([C@@H](CC(=O)N2CCOCC2)c2cccc(O)c2)o1. The highest BCUT2D eigenvalue weighted by Crippen LogP contribution is 2.34. The second-order valence-corrected chi connectivity index (χ2v) is 6.28. The number of nitrogens with zero attached hydrogens (tertiary/aromatic N) is 1. The predicted octanol–water partition coefficient (Wildman–Crippen LogP) is 1.74. The van der Waals surface area contributed by atoms with E-state index in [4.69, 9.17) is 9.15 Å². The van der Waals surface area contributed by atoms with Crippen molar-refractivity contribution in [3.63, 3.8) is 0 Å². The van der Waals surface area contributed by atoms with Gasteiger partial charge in [0.25, 0.3) is 0 Å². The largest absolute Gasteiger partial charge is 0.508 e. The number of aromatic hydroxyl groups is 2. The van der Waals surface area contributed by atoms with Crippen LogP contribution in [-0.2, 0) is 9.53 Å². The van der Waals surface area contributed by atoms with Crippen LogP contribution >= 0.6 is 0 Å². The van der Waals surface area contributed by atoms with E-state index >= 15 is 0 Å². The van der Waals surface area contributed by atoms with Gasteiger partial charge in [-0.05, 0) is 24.6 Å². The first-order chi connectivity index (χ1) is 12.5. The maximum Gasteiger partial charge on any atom is 0.227 e. The van der Waals surface area contributed by atoms with Gasteiger partial charge in [0.05, 0.1) is 19.1 Å². The molecule has 2 N–H and O–H groups in total. The van der Waals surface area contributed by atoms with Crippen molar-refractivity contribution in [1.82, 2.24) is 4.90 Å². The molecule has 0 bridgehead atoms. The molecule has 26 heavy (non-hydrogen) atoms. The number of ether oxygens (including phenoxy) is 1. The third-order valence-electron chi connectivity index (χ3n) is 4.40. The molecule has 1 aromatic heterocycles. The van der Waals surface area contributed by atoms with Crippen LogP contribution in [0.2, 0.25) is 0 Å². The van der Waals surface area contributed by atoms with E-state index < -0.39 is 17.1 Å². The Labute approximate surface area is 150 Å². The van der Waals surface area contributed by atoms with Gasteiger partial charge >= 0.3 is 0 Å². The van der Waals surface area contributed by atoms with Crippen LogP contribution < -0.4 is 5.43 Å². The first kappa shape index (κ1) is 18.0. The minimum absolute atomic E-state index is 0.00338. The lowest BCUT2D eigenvalue weighted by Gasteiger charge is -2.28. The van der Waals surface area contributed by atoms with Crippen LogP contribution in [0.5, 0.6) is 11.5 Å². The average molecular weight is 359 g/mol. The van der Waals surface area contributed by atoms with Crippen LogP contribution in [0.25, 0.3) is 0 Å². The summed E-state index contributed by atoms with van der Waals surface area (Å²) in [6.07, 6.45) is 0.00338. The van der Waals surface area contributed by atoms with E-state index in [0.717, 1.165) is 0 Å². The molecule has 2 aromatic rings. The second-order valence-electron chi connectivity index (χ2n) is 6.28. The Bertz CT molecular complexity index is 853. The summed E-state index contributed by atoms with van der Waals surface area (Å²) in [6, 6.07) is 7.57. The molecule has 0 saturated carbocycles. The van der Waals surface area contributed by atoms with Gasteiger partial charge in [0.15, 0.2) is 5.76 Å². The van der Waals surface area contributed by atoms with Gasteiger partial charge in [-0.15, -0.1) is 0 Å². The molecule has 0 radical (unpaired) electrons. The van der Waals surface area contributed by atoms with Crippen LogP contribution in [0.4, 0.5) is 0 Å². The van der Waals surface area contributed by atoms with Gasteiger partial charge < -0.3 is 24.3 Å². The molecule has 1 saturated heterocycles. The standard InChI is InChI=1S/C19H21NO6/c1-12-9-16(22)18(24)19(26-12)15(13-3-2-4-14(21)10-13)11-17(23)20-5-7-25-8-6-20/h2-4,9-10,15,21,24H,5-8,11H2,1H3/t15-/m0/s1. The van der Waals surface area contributed by atoms with Crippen LogP contribution in [0.3, 0.4) is 0 Å². The van der Waals surface area contributed by atoms with Crippen LogP contribution in [0.15, 0.2) is 39.5 Å². The van der Waals surface area contributed by atoms with E-state index in [2.05, 4.69) is 0 Å². The lowest BCUT2D eigenvalue weighted by atomic mass is 9.91. The van der Waals surface area contributed by atoms with E-state index in [1.165, 1.54) is 18.2 Å². The monoisotopic (exact) mass is 359 g/mol. The highest BCUT2D eigenvalue weighted by atomic mass is 16.5. The van der Waals surface area contributed by atoms with Gasteiger partial charge in [-0.3, -0.25) is 9.59 Å². The van der Waals surface area contributed by atoms with Gasteiger partial charge in [-0.25, -0.2) is 0 Å². The Morgan fingerprint density at radius 1 is 1.23 bits per heavy atom. The van der Waals surface area contributed by atoms with Crippen LogP contribution in [-0.4, -0.2) is 47.3 Å². The van der Waals surface area contributed by atoms with E-state index in [9.17, 15) is 19.8 Å². The zero-order valence-corrected chi connectivity index (χ0v) is 14.5. The average Bonchev–Trinajstić information content (AvgIpc) is 2.63. The Morgan fingerprint density at radius 2 is 1.96 bits per heavy atom. The van der Waals surface area contributed by atoms with E-state index in [1.807, 2.05) is 0 Å². The van der Waals surface area contributed by atoms with Gasteiger partial charge in [0.1, 0.15) is 11.5 Å². The van der Waals surface area contributed by atoms with Crippen molar-refractivity contribution in [1.29, 1.82) is 0 Å². The minimum Gasteiger partial charge on any atom is -0.508 e. The summed E-state index contributed by atoms with van der Waals surface area (Å²) in [5.74, 6) is -0.941. The number of hydrogen-bond acceptors (Lipinski definition) is 6.